The Morgan fingerprint density at radius 3 is 2.61 bits per heavy atom. The summed E-state index contributed by atoms with van der Waals surface area (Å²) in [5.41, 5.74) is 9.09. The molecule has 3 N–H and O–H groups in total. The second kappa shape index (κ2) is 8.80. The number of rotatable bonds is 7. The molecule has 2 rings (SSSR count). The molecule has 23 heavy (non-hydrogen) atoms. The second-order valence-electron chi connectivity index (χ2n) is 5.18. The molecule has 0 atom stereocenters. The molecule has 0 aromatic heterocycles. The van der Waals surface area contributed by atoms with E-state index in [0.29, 0.717) is 25.7 Å². The Balaban J connectivity index is 1.86. The topological polar surface area (TPSA) is 68.9 Å². The maximum Gasteiger partial charge on any atom is 0.193 e. The zero-order valence-electron chi connectivity index (χ0n) is 13.6. The van der Waals surface area contributed by atoms with E-state index in [-0.39, 0.29) is 0 Å². The molecule has 0 heterocycles. The number of nitrogens with one attached hydrogen (secondary N) is 1. The first-order valence-electron chi connectivity index (χ1n) is 7.51. The molecular formula is C18H23N3O2. The third kappa shape index (κ3) is 6.00. The number of benzene rings is 2. The van der Waals surface area contributed by atoms with Gasteiger partial charge in [0.1, 0.15) is 12.4 Å². The van der Waals surface area contributed by atoms with E-state index in [2.05, 4.69) is 10.3 Å². The molecule has 5 heteroatoms. The van der Waals surface area contributed by atoms with E-state index in [0.717, 1.165) is 17.0 Å². The standard InChI is InChI=1S/C18H23N3O2/c1-14-4-3-5-16(12-14)21-18(19)20-13-15-6-8-17(9-7-15)23-11-10-22-2/h3-9,12H,10-11,13H2,1-2H3,(H3,19,20,21). The summed E-state index contributed by atoms with van der Waals surface area (Å²) in [4.78, 5) is 4.35. The third-order valence-corrected chi connectivity index (χ3v) is 3.20. The lowest BCUT2D eigenvalue weighted by Crippen LogP contribution is -2.22. The Bertz CT molecular complexity index is 639. The first-order valence-corrected chi connectivity index (χ1v) is 7.51. The van der Waals surface area contributed by atoms with Crippen molar-refractivity contribution in [2.75, 3.05) is 25.6 Å². The number of nitrogens with zero attached hydrogens (tertiary/aromatic N) is 1. The number of nitrogens with two attached hydrogens (primary N) is 1. The van der Waals surface area contributed by atoms with Crippen LogP contribution in [-0.2, 0) is 11.3 Å². The van der Waals surface area contributed by atoms with E-state index in [4.69, 9.17) is 15.2 Å². The summed E-state index contributed by atoms with van der Waals surface area (Å²) in [6, 6.07) is 15.8. The lowest BCUT2D eigenvalue weighted by molar-refractivity contribution is 0.146. The highest BCUT2D eigenvalue weighted by Gasteiger charge is 1.98. The minimum absolute atomic E-state index is 0.399. The number of guanidine groups is 1. The fraction of sp³-hybridized carbons (Fsp3) is 0.278. The number of anilines is 1. The van der Waals surface area contributed by atoms with E-state index in [1.54, 1.807) is 7.11 Å². The number of ether oxygens (including phenoxy) is 2. The van der Waals surface area contributed by atoms with E-state index in [1.165, 1.54) is 5.56 Å². The van der Waals surface area contributed by atoms with Crippen LogP contribution in [0.1, 0.15) is 11.1 Å². The first kappa shape index (κ1) is 16.8. The number of hydrogen-bond acceptors (Lipinski definition) is 3. The molecule has 0 aliphatic rings. The zero-order chi connectivity index (χ0) is 16.5. The van der Waals surface area contributed by atoms with Crippen LogP contribution < -0.4 is 15.8 Å². The van der Waals surface area contributed by atoms with Gasteiger partial charge >= 0.3 is 0 Å². The number of aliphatic imine (C=N–C) groups is 1. The molecule has 2 aromatic carbocycles. The van der Waals surface area contributed by atoms with Crippen LogP contribution in [0, 0.1) is 6.92 Å². The summed E-state index contributed by atoms with van der Waals surface area (Å²) >= 11 is 0. The number of hydrogen-bond donors (Lipinski definition) is 2. The molecule has 0 aliphatic heterocycles. The lowest BCUT2D eigenvalue weighted by Gasteiger charge is -2.07. The van der Waals surface area contributed by atoms with Crippen LogP contribution in [0.3, 0.4) is 0 Å². The van der Waals surface area contributed by atoms with Crippen molar-refractivity contribution >= 4 is 11.6 Å². The Morgan fingerprint density at radius 1 is 1.13 bits per heavy atom. The van der Waals surface area contributed by atoms with E-state index < -0.39 is 0 Å². The van der Waals surface area contributed by atoms with Gasteiger partial charge in [-0.15, -0.1) is 0 Å². The van der Waals surface area contributed by atoms with Gasteiger partial charge in [-0.1, -0.05) is 24.3 Å². The summed E-state index contributed by atoms with van der Waals surface area (Å²) in [6.45, 7) is 3.67. The van der Waals surface area contributed by atoms with Gasteiger partial charge in [-0.25, -0.2) is 4.99 Å². The minimum atomic E-state index is 0.399. The van der Waals surface area contributed by atoms with Crippen LogP contribution in [0.5, 0.6) is 5.75 Å². The highest BCUT2D eigenvalue weighted by molar-refractivity contribution is 5.92. The molecule has 0 aliphatic carbocycles. The fourth-order valence-corrected chi connectivity index (χ4v) is 2.02. The average molecular weight is 313 g/mol. The molecule has 0 saturated heterocycles. The first-order chi connectivity index (χ1) is 11.2. The summed E-state index contributed by atoms with van der Waals surface area (Å²) in [6.07, 6.45) is 0. The van der Waals surface area contributed by atoms with Gasteiger partial charge in [0.05, 0.1) is 13.2 Å². The van der Waals surface area contributed by atoms with Crippen molar-refractivity contribution in [2.45, 2.75) is 13.5 Å². The maximum atomic E-state index is 5.91. The number of aryl methyl sites for hydroxylation is 1. The van der Waals surface area contributed by atoms with Gasteiger partial charge in [0, 0.05) is 12.8 Å². The molecular weight excluding hydrogens is 290 g/mol. The van der Waals surface area contributed by atoms with Crippen LogP contribution in [0.2, 0.25) is 0 Å². The van der Waals surface area contributed by atoms with E-state index in [1.807, 2.05) is 55.5 Å². The van der Waals surface area contributed by atoms with Crippen LogP contribution in [0.4, 0.5) is 5.69 Å². The molecule has 122 valence electrons. The molecule has 0 bridgehead atoms. The molecule has 2 aromatic rings. The van der Waals surface area contributed by atoms with Crippen molar-refractivity contribution in [1.82, 2.24) is 0 Å². The Morgan fingerprint density at radius 2 is 1.91 bits per heavy atom. The normalized spacial score (nSPS) is 11.3. The van der Waals surface area contributed by atoms with Crippen LogP contribution in [0.25, 0.3) is 0 Å². The highest BCUT2D eigenvalue weighted by Crippen LogP contribution is 2.13. The quantitative estimate of drug-likeness (QED) is 0.468. The van der Waals surface area contributed by atoms with Crippen molar-refractivity contribution in [2.24, 2.45) is 10.7 Å². The average Bonchev–Trinajstić information content (AvgIpc) is 2.54. The third-order valence-electron chi connectivity index (χ3n) is 3.20. The van der Waals surface area contributed by atoms with Gasteiger partial charge in [-0.05, 0) is 42.3 Å². The van der Waals surface area contributed by atoms with Gasteiger partial charge in [-0.3, -0.25) is 0 Å². The minimum Gasteiger partial charge on any atom is -0.491 e. The molecule has 0 fully saturated rings. The summed E-state index contributed by atoms with van der Waals surface area (Å²) < 4.78 is 10.5. The van der Waals surface area contributed by atoms with Crippen LogP contribution >= 0.6 is 0 Å². The van der Waals surface area contributed by atoms with Crippen molar-refractivity contribution in [3.63, 3.8) is 0 Å². The Kier molecular flexibility index (Phi) is 6.44. The van der Waals surface area contributed by atoms with Gasteiger partial charge in [0.15, 0.2) is 5.96 Å². The van der Waals surface area contributed by atoms with Gasteiger partial charge in [0.25, 0.3) is 0 Å². The van der Waals surface area contributed by atoms with Crippen molar-refractivity contribution in [3.05, 3.63) is 59.7 Å². The lowest BCUT2D eigenvalue weighted by atomic mass is 10.2. The smallest absolute Gasteiger partial charge is 0.193 e. The van der Waals surface area contributed by atoms with Crippen molar-refractivity contribution < 1.29 is 9.47 Å². The Labute approximate surface area is 137 Å². The van der Waals surface area contributed by atoms with Gasteiger partial charge in [0.2, 0.25) is 0 Å². The van der Waals surface area contributed by atoms with Crippen molar-refractivity contribution in [1.29, 1.82) is 0 Å². The maximum absolute atomic E-state index is 5.91. The summed E-state index contributed by atoms with van der Waals surface area (Å²) in [5.74, 6) is 1.22. The molecule has 5 nitrogen and oxygen atoms in total. The largest absolute Gasteiger partial charge is 0.491 e. The summed E-state index contributed by atoms with van der Waals surface area (Å²) in [5, 5.41) is 3.09. The molecule has 0 spiro atoms. The summed E-state index contributed by atoms with van der Waals surface area (Å²) in [7, 11) is 1.65. The fourth-order valence-electron chi connectivity index (χ4n) is 2.02. The predicted molar refractivity (Wildman–Crippen MR) is 93.9 cm³/mol. The molecule has 0 saturated carbocycles. The predicted octanol–water partition coefficient (Wildman–Crippen LogP) is 2.95. The Hall–Kier alpha value is -2.53. The highest BCUT2D eigenvalue weighted by atomic mass is 16.5. The van der Waals surface area contributed by atoms with E-state index in [9.17, 15) is 0 Å². The SMILES string of the molecule is COCCOc1ccc(CN=C(N)Nc2cccc(C)c2)cc1. The molecule has 0 radical (unpaired) electrons. The monoisotopic (exact) mass is 313 g/mol. The van der Waals surface area contributed by atoms with Gasteiger partial charge in [-0.2, -0.15) is 0 Å². The van der Waals surface area contributed by atoms with Gasteiger partial charge < -0.3 is 20.5 Å². The molecule has 0 unspecified atom stereocenters. The van der Waals surface area contributed by atoms with Crippen LogP contribution in [0.15, 0.2) is 53.5 Å². The zero-order valence-corrected chi connectivity index (χ0v) is 13.6. The number of methoxy groups -OCH3 is 1. The van der Waals surface area contributed by atoms with Crippen LogP contribution in [-0.4, -0.2) is 26.3 Å². The molecule has 0 amide bonds. The van der Waals surface area contributed by atoms with E-state index >= 15 is 0 Å². The van der Waals surface area contributed by atoms with Crippen molar-refractivity contribution in [3.8, 4) is 5.75 Å². The second-order valence-corrected chi connectivity index (χ2v) is 5.18.